The van der Waals surface area contributed by atoms with E-state index in [9.17, 15) is 22.4 Å². The molecule has 10 heteroatoms. The summed E-state index contributed by atoms with van der Waals surface area (Å²) in [4.78, 5) is 29.8. The minimum absolute atomic E-state index is 0.0471. The van der Waals surface area contributed by atoms with Crippen LogP contribution in [0.5, 0.6) is 0 Å². The van der Waals surface area contributed by atoms with Gasteiger partial charge in [0.25, 0.3) is 10.0 Å². The van der Waals surface area contributed by atoms with Gasteiger partial charge in [0.15, 0.2) is 0 Å². The van der Waals surface area contributed by atoms with Crippen LogP contribution in [0, 0.1) is 18.6 Å². The predicted octanol–water partition coefficient (Wildman–Crippen LogP) is 6.56. The smallest absolute Gasteiger partial charge is 0.264 e. The Hall–Kier alpha value is -4.57. The lowest BCUT2D eigenvalue weighted by Gasteiger charge is -2.35. The lowest BCUT2D eigenvalue weighted by atomic mass is 9.94. The summed E-state index contributed by atoms with van der Waals surface area (Å²) >= 11 is 0. The molecule has 7 nitrogen and oxygen atoms in total. The molecule has 4 aromatic carbocycles. The monoisotopic (exact) mass is 659 g/mol. The third kappa shape index (κ3) is 8.62. The van der Waals surface area contributed by atoms with Gasteiger partial charge < -0.3 is 10.2 Å². The maximum Gasteiger partial charge on any atom is 0.264 e. The molecule has 1 aliphatic carbocycles. The lowest BCUT2D eigenvalue weighted by molar-refractivity contribution is -0.140. The van der Waals surface area contributed by atoms with Crippen LogP contribution < -0.4 is 9.62 Å². The Labute approximate surface area is 275 Å². The van der Waals surface area contributed by atoms with E-state index in [0.29, 0.717) is 5.56 Å². The zero-order chi connectivity index (χ0) is 33.4. The van der Waals surface area contributed by atoms with E-state index in [-0.39, 0.29) is 35.5 Å². The van der Waals surface area contributed by atoms with Crippen LogP contribution in [0.3, 0.4) is 0 Å². The second-order valence-electron chi connectivity index (χ2n) is 12.0. The van der Waals surface area contributed by atoms with Crippen molar-refractivity contribution in [2.24, 2.45) is 0 Å². The van der Waals surface area contributed by atoms with Gasteiger partial charge in [-0.2, -0.15) is 0 Å². The first-order chi connectivity index (χ1) is 22.6. The van der Waals surface area contributed by atoms with Crippen molar-refractivity contribution in [3.63, 3.8) is 0 Å². The molecule has 1 fully saturated rings. The minimum atomic E-state index is -4.43. The number of amides is 2. The zero-order valence-electron chi connectivity index (χ0n) is 26.3. The van der Waals surface area contributed by atoms with E-state index < -0.39 is 40.2 Å². The molecule has 5 rings (SSSR count). The summed E-state index contributed by atoms with van der Waals surface area (Å²) in [5.74, 6) is -2.36. The first kappa shape index (κ1) is 33.8. The maximum absolute atomic E-state index is 15.3. The molecule has 246 valence electrons. The summed E-state index contributed by atoms with van der Waals surface area (Å²) in [5, 5.41) is 3.14. The number of nitrogens with one attached hydrogen (secondary N) is 1. The Morgan fingerprint density at radius 2 is 1.45 bits per heavy atom. The van der Waals surface area contributed by atoms with Gasteiger partial charge in [0.2, 0.25) is 11.8 Å². The number of halogens is 2. The van der Waals surface area contributed by atoms with Gasteiger partial charge in [0, 0.05) is 19.0 Å². The van der Waals surface area contributed by atoms with Gasteiger partial charge in [-0.15, -0.1) is 0 Å². The fourth-order valence-corrected chi connectivity index (χ4v) is 7.31. The highest BCUT2D eigenvalue weighted by molar-refractivity contribution is 7.92. The van der Waals surface area contributed by atoms with Crippen LogP contribution in [-0.4, -0.2) is 43.8 Å². The van der Waals surface area contributed by atoms with Gasteiger partial charge in [-0.05, 0) is 67.3 Å². The minimum Gasteiger partial charge on any atom is -0.352 e. The van der Waals surface area contributed by atoms with E-state index >= 15 is 4.39 Å². The van der Waals surface area contributed by atoms with Gasteiger partial charge in [-0.1, -0.05) is 91.6 Å². The molecule has 0 saturated heterocycles. The first-order valence-electron chi connectivity index (χ1n) is 15.8. The van der Waals surface area contributed by atoms with Gasteiger partial charge in [-0.3, -0.25) is 13.9 Å². The van der Waals surface area contributed by atoms with Crippen molar-refractivity contribution in [1.29, 1.82) is 0 Å². The van der Waals surface area contributed by atoms with E-state index in [2.05, 4.69) is 5.32 Å². The van der Waals surface area contributed by atoms with Gasteiger partial charge >= 0.3 is 0 Å². The average Bonchev–Trinajstić information content (AvgIpc) is 3.07. The Morgan fingerprint density at radius 3 is 2.11 bits per heavy atom. The van der Waals surface area contributed by atoms with Crippen LogP contribution >= 0.6 is 0 Å². The van der Waals surface area contributed by atoms with E-state index in [1.165, 1.54) is 59.5 Å². The van der Waals surface area contributed by atoms with Crippen molar-refractivity contribution in [2.75, 3.05) is 10.8 Å². The van der Waals surface area contributed by atoms with Crippen molar-refractivity contribution in [3.8, 4) is 0 Å². The number of sulfonamides is 1. The van der Waals surface area contributed by atoms with E-state index in [0.717, 1.165) is 53.6 Å². The van der Waals surface area contributed by atoms with Crippen LogP contribution in [0.4, 0.5) is 14.5 Å². The molecule has 47 heavy (non-hydrogen) atoms. The van der Waals surface area contributed by atoms with Crippen molar-refractivity contribution < 1.29 is 26.8 Å². The van der Waals surface area contributed by atoms with Crippen molar-refractivity contribution in [1.82, 2.24) is 10.2 Å². The standard InChI is InChI=1S/C37H39F2N3O4S/c1-27-16-22-32(23-17-27)47(45,46)42(34-15-9-8-14-33(34)39)26-36(43)41(25-29-18-20-30(38)21-19-29)35(24-28-10-4-2-5-11-28)37(44)40-31-12-6-3-7-13-31/h2,4-5,8-11,14-23,31,35H,3,6-7,12-13,24-26H2,1H3,(H,40,44)/t35-/m1/s1. The molecule has 0 aliphatic heterocycles. The quantitative estimate of drug-likeness (QED) is 0.187. The number of anilines is 1. The van der Waals surface area contributed by atoms with Crippen molar-refractivity contribution in [2.45, 2.75) is 69.0 Å². The molecule has 1 saturated carbocycles. The number of carbonyl (C=O) groups excluding carboxylic acids is 2. The Kier molecular flexibility index (Phi) is 11.0. The summed E-state index contributed by atoms with van der Waals surface area (Å²) in [6, 6.07) is 25.2. The highest BCUT2D eigenvalue weighted by atomic mass is 32.2. The summed E-state index contributed by atoms with van der Waals surface area (Å²) in [7, 11) is -4.43. The Balaban J connectivity index is 1.56. The number of hydrogen-bond acceptors (Lipinski definition) is 4. The number of nitrogens with zero attached hydrogens (tertiary/aromatic N) is 2. The summed E-state index contributed by atoms with van der Waals surface area (Å²) in [6.45, 7) is 0.928. The normalized spacial score (nSPS) is 14.3. The van der Waals surface area contributed by atoms with E-state index in [1.54, 1.807) is 12.1 Å². The zero-order valence-corrected chi connectivity index (χ0v) is 27.1. The van der Waals surface area contributed by atoms with Crippen LogP contribution in [0.15, 0.2) is 108 Å². The summed E-state index contributed by atoms with van der Waals surface area (Å²) < 4.78 is 58.1. The molecule has 0 unspecified atom stereocenters. The number of carbonyl (C=O) groups is 2. The molecule has 4 aromatic rings. The largest absolute Gasteiger partial charge is 0.352 e. The predicted molar refractivity (Wildman–Crippen MR) is 178 cm³/mol. The second kappa shape index (κ2) is 15.3. The summed E-state index contributed by atoms with van der Waals surface area (Å²) in [5.41, 5.74) is 1.87. The molecule has 2 amide bonds. The molecule has 0 bridgehead atoms. The fourth-order valence-electron chi connectivity index (χ4n) is 5.89. The Bertz CT molecular complexity index is 1760. The number of hydrogen-bond donors (Lipinski definition) is 1. The van der Waals surface area contributed by atoms with Gasteiger partial charge in [-0.25, -0.2) is 17.2 Å². The average molecular weight is 660 g/mol. The number of rotatable bonds is 12. The van der Waals surface area contributed by atoms with Crippen LogP contribution in [-0.2, 0) is 32.6 Å². The molecular formula is C37H39F2N3O4S. The van der Waals surface area contributed by atoms with Crippen molar-refractivity contribution in [3.05, 3.63) is 131 Å². The molecule has 0 aromatic heterocycles. The van der Waals surface area contributed by atoms with Gasteiger partial charge in [0.1, 0.15) is 24.2 Å². The fraction of sp³-hybridized carbons (Fsp3) is 0.297. The highest BCUT2D eigenvalue weighted by Gasteiger charge is 2.36. The highest BCUT2D eigenvalue weighted by Crippen LogP contribution is 2.28. The third-order valence-corrected chi connectivity index (χ3v) is 10.3. The van der Waals surface area contributed by atoms with Crippen molar-refractivity contribution >= 4 is 27.5 Å². The van der Waals surface area contributed by atoms with Crippen LogP contribution in [0.25, 0.3) is 0 Å². The SMILES string of the molecule is Cc1ccc(S(=O)(=O)N(CC(=O)N(Cc2ccc(F)cc2)[C@H](Cc2ccccc2)C(=O)NC2CCCCC2)c2ccccc2F)cc1. The van der Waals surface area contributed by atoms with Crippen LogP contribution in [0.1, 0.15) is 48.8 Å². The molecular weight excluding hydrogens is 620 g/mol. The molecule has 0 heterocycles. The topological polar surface area (TPSA) is 86.8 Å². The molecule has 1 aliphatic rings. The molecule has 0 radical (unpaired) electrons. The molecule has 1 N–H and O–H groups in total. The molecule has 0 spiro atoms. The summed E-state index contributed by atoms with van der Waals surface area (Å²) in [6.07, 6.45) is 4.87. The lowest BCUT2D eigenvalue weighted by Crippen LogP contribution is -2.55. The number of para-hydroxylation sites is 1. The van der Waals surface area contributed by atoms with E-state index in [4.69, 9.17) is 0 Å². The Morgan fingerprint density at radius 1 is 0.809 bits per heavy atom. The third-order valence-electron chi connectivity index (χ3n) is 8.50. The second-order valence-corrected chi connectivity index (χ2v) is 13.8. The van der Waals surface area contributed by atoms with Gasteiger partial charge in [0.05, 0.1) is 10.6 Å². The first-order valence-corrected chi connectivity index (χ1v) is 17.3. The number of benzene rings is 4. The maximum atomic E-state index is 15.3. The number of aryl methyl sites for hydroxylation is 1. The van der Waals surface area contributed by atoms with Crippen LogP contribution in [0.2, 0.25) is 0 Å². The molecule has 1 atom stereocenters. The van der Waals surface area contributed by atoms with E-state index in [1.807, 2.05) is 37.3 Å².